The van der Waals surface area contributed by atoms with E-state index in [-0.39, 0.29) is 24.2 Å². The van der Waals surface area contributed by atoms with Gasteiger partial charge in [-0.2, -0.15) is 5.10 Å². The number of nitrogens with zero attached hydrogens (tertiary/aromatic N) is 4. The number of hydrogen-bond donors (Lipinski definition) is 0. The van der Waals surface area contributed by atoms with Crippen molar-refractivity contribution >= 4 is 17.5 Å². The van der Waals surface area contributed by atoms with Gasteiger partial charge in [0.2, 0.25) is 5.91 Å². The van der Waals surface area contributed by atoms with Gasteiger partial charge in [-0.25, -0.2) is 0 Å². The highest BCUT2D eigenvalue weighted by Gasteiger charge is 2.34. The Bertz CT molecular complexity index is 554. The van der Waals surface area contributed by atoms with E-state index in [4.69, 9.17) is 21.1 Å². The van der Waals surface area contributed by atoms with E-state index in [0.29, 0.717) is 18.2 Å². The molecule has 1 fully saturated rings. The number of amides is 1. The lowest BCUT2D eigenvalue weighted by molar-refractivity contribution is -0.161. The number of ether oxygens (including phenoxy) is 2. The average molecular weight is 359 g/mol. The molecular weight excluding hydrogens is 332 g/mol. The Labute approximate surface area is 148 Å². The lowest BCUT2D eigenvalue weighted by atomic mass is 10.1. The van der Waals surface area contributed by atoms with Crippen LogP contribution in [-0.2, 0) is 27.9 Å². The van der Waals surface area contributed by atoms with Crippen molar-refractivity contribution in [2.45, 2.75) is 32.1 Å². The number of morpholine rings is 1. The summed E-state index contributed by atoms with van der Waals surface area (Å²) in [5.41, 5.74) is 0.694. The first-order chi connectivity index (χ1) is 11.2. The third-order valence-corrected chi connectivity index (χ3v) is 4.28. The summed E-state index contributed by atoms with van der Waals surface area (Å²) in [6, 6.07) is 0. The molecule has 0 radical (unpaired) electrons. The summed E-state index contributed by atoms with van der Waals surface area (Å²) in [6.45, 7) is 6.79. The second-order valence-corrected chi connectivity index (χ2v) is 7.44. The third kappa shape index (κ3) is 5.17. The first-order valence-electron chi connectivity index (χ1n) is 8.02. The van der Waals surface area contributed by atoms with Gasteiger partial charge < -0.3 is 14.4 Å². The fourth-order valence-corrected chi connectivity index (χ4v) is 3.08. The molecule has 1 aliphatic heterocycles. The predicted octanol–water partition coefficient (Wildman–Crippen LogP) is 1.16. The van der Waals surface area contributed by atoms with Gasteiger partial charge in [-0.05, 0) is 13.8 Å². The van der Waals surface area contributed by atoms with Gasteiger partial charge in [0, 0.05) is 40.8 Å². The molecule has 0 bridgehead atoms. The van der Waals surface area contributed by atoms with Crippen LogP contribution in [0.1, 0.15) is 19.5 Å². The molecule has 1 aliphatic rings. The normalized spacial score (nSPS) is 21.0. The summed E-state index contributed by atoms with van der Waals surface area (Å²) in [5.74, 6) is -0.0522. The minimum atomic E-state index is -0.289. The standard InChI is InChI=1S/C16H27ClN4O3/c1-16(2)11-21(8-14-13(17)6-18-20(14)5)7-12(24-16)9-23-10-15(22)19(3)4/h6,12H,7-11H2,1-5H3. The highest BCUT2D eigenvalue weighted by atomic mass is 35.5. The molecule has 8 heteroatoms. The highest BCUT2D eigenvalue weighted by Crippen LogP contribution is 2.24. The molecule has 1 aromatic rings. The van der Waals surface area contributed by atoms with Crippen LogP contribution in [0.25, 0.3) is 0 Å². The summed E-state index contributed by atoms with van der Waals surface area (Å²) < 4.78 is 13.4. The van der Waals surface area contributed by atoms with E-state index in [2.05, 4.69) is 23.8 Å². The smallest absolute Gasteiger partial charge is 0.248 e. The monoisotopic (exact) mass is 358 g/mol. The van der Waals surface area contributed by atoms with Crippen LogP contribution in [0.15, 0.2) is 6.20 Å². The Hall–Kier alpha value is -1.15. The zero-order chi connectivity index (χ0) is 17.9. The van der Waals surface area contributed by atoms with Crippen molar-refractivity contribution in [3.63, 3.8) is 0 Å². The van der Waals surface area contributed by atoms with Crippen molar-refractivity contribution in [2.75, 3.05) is 40.4 Å². The van der Waals surface area contributed by atoms with Crippen LogP contribution >= 0.6 is 11.6 Å². The van der Waals surface area contributed by atoms with E-state index < -0.39 is 0 Å². The number of rotatable bonds is 6. The van der Waals surface area contributed by atoms with Gasteiger partial charge in [0.25, 0.3) is 0 Å². The minimum Gasteiger partial charge on any atom is -0.369 e. The molecule has 1 unspecified atom stereocenters. The van der Waals surface area contributed by atoms with Crippen LogP contribution in [0.3, 0.4) is 0 Å². The number of halogens is 1. The van der Waals surface area contributed by atoms with Gasteiger partial charge in [-0.3, -0.25) is 14.4 Å². The molecule has 1 saturated heterocycles. The number of carbonyl (C=O) groups excluding carboxylic acids is 1. The molecule has 0 saturated carbocycles. The van der Waals surface area contributed by atoms with Gasteiger partial charge in [0.15, 0.2) is 0 Å². The Morgan fingerprint density at radius 2 is 2.25 bits per heavy atom. The SMILES string of the molecule is CN(C)C(=O)COCC1CN(Cc2c(Cl)cnn2C)CC(C)(C)O1. The van der Waals surface area contributed by atoms with Crippen LogP contribution in [0.5, 0.6) is 0 Å². The van der Waals surface area contributed by atoms with E-state index in [1.165, 1.54) is 4.90 Å². The summed E-state index contributed by atoms with van der Waals surface area (Å²) in [6.07, 6.45) is 1.58. The molecule has 24 heavy (non-hydrogen) atoms. The first kappa shape index (κ1) is 19.2. The third-order valence-electron chi connectivity index (χ3n) is 3.96. The van der Waals surface area contributed by atoms with Crippen LogP contribution in [-0.4, -0.2) is 77.6 Å². The Kier molecular flexibility index (Phi) is 6.25. The Morgan fingerprint density at radius 3 is 2.83 bits per heavy atom. The highest BCUT2D eigenvalue weighted by molar-refractivity contribution is 6.31. The molecule has 7 nitrogen and oxygen atoms in total. The number of carbonyl (C=O) groups is 1. The fourth-order valence-electron chi connectivity index (χ4n) is 2.86. The number of hydrogen-bond acceptors (Lipinski definition) is 5. The Balaban J connectivity index is 1.93. The molecule has 1 aromatic heterocycles. The molecule has 0 aromatic carbocycles. The quantitative estimate of drug-likeness (QED) is 0.763. The minimum absolute atomic E-state index is 0.0522. The number of aromatic nitrogens is 2. The fraction of sp³-hybridized carbons (Fsp3) is 0.750. The van der Waals surface area contributed by atoms with Crippen molar-refractivity contribution in [1.82, 2.24) is 19.6 Å². The zero-order valence-corrected chi connectivity index (χ0v) is 15.8. The van der Waals surface area contributed by atoms with Gasteiger partial charge in [-0.1, -0.05) is 11.6 Å². The van der Waals surface area contributed by atoms with E-state index in [1.807, 2.05) is 7.05 Å². The topological polar surface area (TPSA) is 59.8 Å². The maximum Gasteiger partial charge on any atom is 0.248 e. The van der Waals surface area contributed by atoms with E-state index >= 15 is 0 Å². The molecule has 0 aliphatic carbocycles. The molecule has 2 rings (SSSR count). The second-order valence-electron chi connectivity index (χ2n) is 7.04. The van der Waals surface area contributed by atoms with Crippen molar-refractivity contribution in [2.24, 2.45) is 7.05 Å². The molecule has 0 spiro atoms. The van der Waals surface area contributed by atoms with Crippen molar-refractivity contribution in [3.8, 4) is 0 Å². The lowest BCUT2D eigenvalue weighted by Gasteiger charge is -2.42. The molecule has 1 amide bonds. The van der Waals surface area contributed by atoms with Gasteiger partial charge in [0.1, 0.15) is 6.61 Å². The number of likely N-dealkylation sites (N-methyl/N-ethyl adjacent to an activating group) is 1. The maximum atomic E-state index is 11.6. The van der Waals surface area contributed by atoms with E-state index in [1.54, 1.807) is 25.0 Å². The van der Waals surface area contributed by atoms with Crippen molar-refractivity contribution in [1.29, 1.82) is 0 Å². The first-order valence-corrected chi connectivity index (χ1v) is 8.40. The summed E-state index contributed by atoms with van der Waals surface area (Å²) in [4.78, 5) is 15.4. The molecule has 0 N–H and O–H groups in total. The zero-order valence-electron chi connectivity index (χ0n) is 15.1. The molecule has 136 valence electrons. The van der Waals surface area contributed by atoms with Gasteiger partial charge in [-0.15, -0.1) is 0 Å². The predicted molar refractivity (Wildman–Crippen MR) is 92.0 cm³/mol. The van der Waals surface area contributed by atoms with Crippen LogP contribution in [0.4, 0.5) is 0 Å². The largest absolute Gasteiger partial charge is 0.369 e. The van der Waals surface area contributed by atoms with Crippen LogP contribution < -0.4 is 0 Å². The summed E-state index contributed by atoms with van der Waals surface area (Å²) in [7, 11) is 5.32. The maximum absolute atomic E-state index is 11.6. The summed E-state index contributed by atoms with van der Waals surface area (Å²) in [5, 5.41) is 4.85. The lowest BCUT2D eigenvalue weighted by Crippen LogP contribution is -2.53. The van der Waals surface area contributed by atoms with Crippen LogP contribution in [0, 0.1) is 0 Å². The van der Waals surface area contributed by atoms with E-state index in [0.717, 1.165) is 18.8 Å². The molecule has 1 atom stereocenters. The van der Waals surface area contributed by atoms with Gasteiger partial charge >= 0.3 is 0 Å². The van der Waals surface area contributed by atoms with Gasteiger partial charge in [0.05, 0.1) is 35.2 Å². The number of aryl methyl sites for hydroxylation is 1. The molecule has 2 heterocycles. The second kappa shape index (κ2) is 7.82. The van der Waals surface area contributed by atoms with Crippen LogP contribution in [0.2, 0.25) is 5.02 Å². The van der Waals surface area contributed by atoms with Crippen molar-refractivity contribution in [3.05, 3.63) is 16.9 Å². The summed E-state index contributed by atoms with van der Waals surface area (Å²) >= 11 is 6.21. The molecular formula is C16H27ClN4O3. The Morgan fingerprint density at radius 1 is 1.54 bits per heavy atom. The van der Waals surface area contributed by atoms with E-state index in [9.17, 15) is 4.79 Å². The average Bonchev–Trinajstić information content (AvgIpc) is 2.77. The van der Waals surface area contributed by atoms with Crippen molar-refractivity contribution < 1.29 is 14.3 Å².